The second-order valence-corrected chi connectivity index (χ2v) is 5.63. The molecular formula is C14H17N5O2S. The van der Waals surface area contributed by atoms with E-state index in [-0.39, 0.29) is 17.6 Å². The maximum absolute atomic E-state index is 11.9. The maximum atomic E-state index is 11.9. The Morgan fingerprint density at radius 1 is 1.14 bits per heavy atom. The standard InChI is InChI=1S/C14H17N5O2S/c1-9-17-18-14(19(9)3)22-8-13(21)16-12-6-4-11(5-7-12)15-10(2)20/h4-7H,8H2,1-3H3,(H,15,20)(H,16,21). The predicted molar refractivity (Wildman–Crippen MR) is 85.8 cm³/mol. The van der Waals surface area contributed by atoms with E-state index in [0.717, 1.165) is 5.82 Å². The molecule has 116 valence electrons. The number of nitrogens with one attached hydrogen (secondary N) is 2. The lowest BCUT2D eigenvalue weighted by Gasteiger charge is -2.07. The summed E-state index contributed by atoms with van der Waals surface area (Å²) in [5.41, 5.74) is 1.36. The molecule has 0 aliphatic carbocycles. The first-order valence-electron chi connectivity index (χ1n) is 6.62. The molecule has 0 saturated heterocycles. The van der Waals surface area contributed by atoms with Crippen LogP contribution in [0.1, 0.15) is 12.7 Å². The molecule has 2 amide bonds. The third-order valence-electron chi connectivity index (χ3n) is 2.87. The molecule has 8 heteroatoms. The molecule has 0 fully saturated rings. The Kier molecular flexibility index (Phi) is 5.16. The Hall–Kier alpha value is -2.35. The van der Waals surface area contributed by atoms with E-state index in [9.17, 15) is 9.59 Å². The summed E-state index contributed by atoms with van der Waals surface area (Å²) in [6.45, 7) is 3.30. The number of hydrogen-bond acceptors (Lipinski definition) is 5. The van der Waals surface area contributed by atoms with Crippen molar-refractivity contribution in [2.75, 3.05) is 16.4 Å². The largest absolute Gasteiger partial charge is 0.326 e. The smallest absolute Gasteiger partial charge is 0.234 e. The fourth-order valence-electron chi connectivity index (χ4n) is 1.68. The van der Waals surface area contributed by atoms with E-state index in [1.165, 1.54) is 18.7 Å². The summed E-state index contributed by atoms with van der Waals surface area (Å²) in [5, 5.41) is 14.1. The number of nitrogens with zero attached hydrogens (tertiary/aromatic N) is 3. The first-order chi connectivity index (χ1) is 10.5. The van der Waals surface area contributed by atoms with Gasteiger partial charge < -0.3 is 15.2 Å². The van der Waals surface area contributed by atoms with Gasteiger partial charge in [0.2, 0.25) is 11.8 Å². The average molecular weight is 319 g/mol. The van der Waals surface area contributed by atoms with Crippen LogP contribution in [0, 0.1) is 6.92 Å². The fraction of sp³-hybridized carbons (Fsp3) is 0.286. The number of carbonyl (C=O) groups is 2. The van der Waals surface area contributed by atoms with Gasteiger partial charge in [-0.25, -0.2) is 0 Å². The lowest BCUT2D eigenvalue weighted by molar-refractivity contribution is -0.114. The first kappa shape index (κ1) is 16.0. The van der Waals surface area contributed by atoms with Crippen LogP contribution < -0.4 is 10.6 Å². The van der Waals surface area contributed by atoms with Gasteiger partial charge in [0.1, 0.15) is 5.82 Å². The summed E-state index contributed by atoms with van der Waals surface area (Å²) in [4.78, 5) is 22.8. The predicted octanol–water partition coefficient (Wildman–Crippen LogP) is 1.81. The van der Waals surface area contributed by atoms with Gasteiger partial charge >= 0.3 is 0 Å². The number of carbonyl (C=O) groups excluding carboxylic acids is 2. The molecule has 1 heterocycles. The van der Waals surface area contributed by atoms with E-state index >= 15 is 0 Å². The normalized spacial score (nSPS) is 10.3. The number of benzene rings is 1. The van der Waals surface area contributed by atoms with Crippen LogP contribution in [0.4, 0.5) is 11.4 Å². The van der Waals surface area contributed by atoms with Crippen LogP contribution in [0.2, 0.25) is 0 Å². The Balaban J connectivity index is 1.86. The number of rotatable bonds is 5. The molecule has 22 heavy (non-hydrogen) atoms. The van der Waals surface area contributed by atoms with Gasteiger partial charge in [0.05, 0.1) is 5.75 Å². The third kappa shape index (κ3) is 4.32. The molecule has 1 aromatic heterocycles. The molecule has 0 unspecified atom stereocenters. The van der Waals surface area contributed by atoms with Crippen LogP contribution in [0.25, 0.3) is 0 Å². The lowest BCUT2D eigenvalue weighted by atomic mass is 10.3. The molecule has 2 aromatic rings. The molecule has 0 atom stereocenters. The van der Waals surface area contributed by atoms with Gasteiger partial charge in [0.25, 0.3) is 0 Å². The minimum atomic E-state index is -0.132. The van der Waals surface area contributed by atoms with E-state index in [0.29, 0.717) is 16.5 Å². The molecule has 0 saturated carbocycles. The van der Waals surface area contributed by atoms with Gasteiger partial charge in [-0.3, -0.25) is 9.59 Å². The first-order valence-corrected chi connectivity index (χ1v) is 7.60. The van der Waals surface area contributed by atoms with Crippen molar-refractivity contribution in [2.24, 2.45) is 7.05 Å². The second kappa shape index (κ2) is 7.08. The molecule has 2 N–H and O–H groups in total. The van der Waals surface area contributed by atoms with Gasteiger partial charge in [-0.15, -0.1) is 10.2 Å². The molecule has 1 aromatic carbocycles. The fourth-order valence-corrected chi connectivity index (χ4v) is 2.44. The molecule has 0 bridgehead atoms. The van der Waals surface area contributed by atoms with E-state index < -0.39 is 0 Å². The van der Waals surface area contributed by atoms with Gasteiger partial charge in [0, 0.05) is 25.3 Å². The number of aromatic nitrogens is 3. The number of anilines is 2. The minimum absolute atomic E-state index is 0.127. The summed E-state index contributed by atoms with van der Waals surface area (Å²) < 4.78 is 1.83. The second-order valence-electron chi connectivity index (χ2n) is 4.68. The average Bonchev–Trinajstić information content (AvgIpc) is 2.78. The van der Waals surface area contributed by atoms with Gasteiger partial charge in [-0.2, -0.15) is 0 Å². The van der Waals surface area contributed by atoms with Crippen molar-refractivity contribution in [2.45, 2.75) is 19.0 Å². The molecule has 7 nitrogen and oxygen atoms in total. The third-order valence-corrected chi connectivity index (χ3v) is 3.89. The van der Waals surface area contributed by atoms with Gasteiger partial charge in [-0.05, 0) is 31.2 Å². The van der Waals surface area contributed by atoms with E-state index in [1.54, 1.807) is 24.3 Å². The van der Waals surface area contributed by atoms with Crippen LogP contribution in [-0.2, 0) is 16.6 Å². The van der Waals surface area contributed by atoms with Crippen LogP contribution in [0.5, 0.6) is 0 Å². The number of aryl methyl sites for hydroxylation is 1. The van der Waals surface area contributed by atoms with Crippen LogP contribution in [0.3, 0.4) is 0 Å². The highest BCUT2D eigenvalue weighted by molar-refractivity contribution is 7.99. The summed E-state index contributed by atoms with van der Waals surface area (Å²) >= 11 is 1.33. The Labute approximate surface area is 132 Å². The molecule has 2 rings (SSSR count). The molecule has 0 aliphatic heterocycles. The minimum Gasteiger partial charge on any atom is -0.326 e. The molecule has 0 aliphatic rings. The highest BCUT2D eigenvalue weighted by Crippen LogP contribution is 2.17. The van der Waals surface area contributed by atoms with Crippen LogP contribution >= 0.6 is 11.8 Å². The zero-order chi connectivity index (χ0) is 16.1. The van der Waals surface area contributed by atoms with E-state index in [2.05, 4.69) is 20.8 Å². The van der Waals surface area contributed by atoms with E-state index in [4.69, 9.17) is 0 Å². The van der Waals surface area contributed by atoms with Gasteiger partial charge in [0.15, 0.2) is 5.16 Å². The monoisotopic (exact) mass is 319 g/mol. The van der Waals surface area contributed by atoms with Crippen molar-refractivity contribution in [3.8, 4) is 0 Å². The highest BCUT2D eigenvalue weighted by atomic mass is 32.2. The Bertz CT molecular complexity index is 681. The maximum Gasteiger partial charge on any atom is 0.234 e. The topological polar surface area (TPSA) is 88.9 Å². The van der Waals surface area contributed by atoms with Gasteiger partial charge in [-0.1, -0.05) is 11.8 Å². The number of hydrogen-bond donors (Lipinski definition) is 2. The molecule has 0 spiro atoms. The van der Waals surface area contributed by atoms with Crippen LogP contribution in [0.15, 0.2) is 29.4 Å². The quantitative estimate of drug-likeness (QED) is 0.821. The summed E-state index contributed by atoms with van der Waals surface area (Å²) in [5.74, 6) is 0.793. The number of thioether (sulfide) groups is 1. The van der Waals surface area contributed by atoms with Crippen LogP contribution in [-0.4, -0.2) is 32.3 Å². The van der Waals surface area contributed by atoms with Crippen molar-refractivity contribution < 1.29 is 9.59 Å². The summed E-state index contributed by atoms with van der Waals surface area (Å²) in [6, 6.07) is 6.94. The molecule has 0 radical (unpaired) electrons. The Morgan fingerprint density at radius 3 is 2.23 bits per heavy atom. The van der Waals surface area contributed by atoms with Crippen molar-refractivity contribution in [3.05, 3.63) is 30.1 Å². The van der Waals surface area contributed by atoms with Crippen molar-refractivity contribution in [1.82, 2.24) is 14.8 Å². The summed E-state index contributed by atoms with van der Waals surface area (Å²) in [7, 11) is 1.86. The lowest BCUT2D eigenvalue weighted by Crippen LogP contribution is -2.14. The van der Waals surface area contributed by atoms with E-state index in [1.807, 2.05) is 18.5 Å². The molecular weight excluding hydrogens is 302 g/mol. The SMILES string of the molecule is CC(=O)Nc1ccc(NC(=O)CSc2nnc(C)n2C)cc1. The number of amides is 2. The van der Waals surface area contributed by atoms with Crippen molar-refractivity contribution in [1.29, 1.82) is 0 Å². The van der Waals surface area contributed by atoms with Crippen molar-refractivity contribution in [3.63, 3.8) is 0 Å². The van der Waals surface area contributed by atoms with Crippen molar-refractivity contribution >= 4 is 35.0 Å². The highest BCUT2D eigenvalue weighted by Gasteiger charge is 2.09. The zero-order valence-electron chi connectivity index (χ0n) is 12.6. The zero-order valence-corrected chi connectivity index (χ0v) is 13.4. The summed E-state index contributed by atoms with van der Waals surface area (Å²) in [6.07, 6.45) is 0. The Morgan fingerprint density at radius 2 is 1.73 bits per heavy atom.